The molecule has 0 spiro atoms. The van der Waals surface area contributed by atoms with Crippen LogP contribution in [0.1, 0.15) is 56.7 Å². The minimum atomic E-state index is 0.655. The van der Waals surface area contributed by atoms with Crippen molar-refractivity contribution < 1.29 is 0 Å². The van der Waals surface area contributed by atoms with Gasteiger partial charge in [-0.1, -0.05) is 52.3 Å². The topological polar surface area (TPSA) is 0 Å². The van der Waals surface area contributed by atoms with E-state index in [1.807, 2.05) is 0 Å². The van der Waals surface area contributed by atoms with Gasteiger partial charge in [-0.3, -0.25) is 0 Å². The van der Waals surface area contributed by atoms with Crippen molar-refractivity contribution in [1.82, 2.24) is 0 Å². The Bertz CT molecular complexity index is 284. The first-order valence-electron chi connectivity index (χ1n) is 5.80. The van der Waals surface area contributed by atoms with Gasteiger partial charge in [0.15, 0.2) is 0 Å². The summed E-state index contributed by atoms with van der Waals surface area (Å²) in [5.74, 6) is 0.655. The molecule has 0 heteroatoms. The Morgan fingerprint density at radius 3 is 2.36 bits per heavy atom. The van der Waals surface area contributed by atoms with Crippen LogP contribution in [0, 0.1) is 0 Å². The van der Waals surface area contributed by atoms with E-state index in [1.54, 1.807) is 5.56 Å². The quantitative estimate of drug-likeness (QED) is 0.663. The Morgan fingerprint density at radius 1 is 1.14 bits per heavy atom. The molecule has 1 rings (SSSR count). The molecule has 0 radical (unpaired) electrons. The van der Waals surface area contributed by atoms with Crippen LogP contribution in [0.4, 0.5) is 0 Å². The fourth-order valence-electron chi connectivity index (χ4n) is 1.93. The van der Waals surface area contributed by atoms with Crippen molar-refractivity contribution in [3.8, 4) is 0 Å². The molecule has 78 valence electrons. The van der Waals surface area contributed by atoms with Crippen LogP contribution in [0.25, 0.3) is 0 Å². The van der Waals surface area contributed by atoms with E-state index in [-0.39, 0.29) is 0 Å². The maximum atomic E-state index is 2.39. The zero-order chi connectivity index (χ0) is 10.6. The Morgan fingerprint density at radius 2 is 1.86 bits per heavy atom. The third-order valence-corrected chi connectivity index (χ3v) is 2.76. The highest BCUT2D eigenvalue weighted by molar-refractivity contribution is 5.34. The largest absolute Gasteiger partial charge is 0.0651 e. The summed E-state index contributed by atoms with van der Waals surface area (Å²) < 4.78 is 0. The van der Waals surface area contributed by atoms with Gasteiger partial charge in [0, 0.05) is 0 Å². The van der Waals surface area contributed by atoms with Gasteiger partial charge < -0.3 is 0 Å². The first-order valence-corrected chi connectivity index (χ1v) is 5.80. The van der Waals surface area contributed by atoms with Gasteiger partial charge in [-0.25, -0.2) is 0 Å². The molecule has 0 nitrogen and oxygen atoms in total. The summed E-state index contributed by atoms with van der Waals surface area (Å²) in [6.45, 7) is 9.03. The third-order valence-electron chi connectivity index (χ3n) is 2.76. The van der Waals surface area contributed by atoms with E-state index in [0.29, 0.717) is 5.92 Å². The Kier molecular flexibility index (Phi) is 4.19. The average molecular weight is 190 g/mol. The molecular formula is C14H22. The van der Waals surface area contributed by atoms with Crippen LogP contribution >= 0.6 is 0 Å². The van der Waals surface area contributed by atoms with Crippen molar-refractivity contribution in [2.45, 2.75) is 52.9 Å². The second kappa shape index (κ2) is 5.19. The monoisotopic (exact) mass is 190 g/mol. The average Bonchev–Trinajstić information content (AvgIpc) is 2.17. The number of hydrogen-bond acceptors (Lipinski definition) is 0. The second-order valence-corrected chi connectivity index (χ2v) is 4.29. The number of benzene rings is 1. The molecule has 0 N–H and O–H groups in total. The number of rotatable bonds is 4. The molecule has 14 heavy (non-hydrogen) atoms. The Balaban J connectivity index is 3.03. The van der Waals surface area contributed by atoms with E-state index in [9.17, 15) is 0 Å². The Labute approximate surface area is 88.4 Å². The van der Waals surface area contributed by atoms with Gasteiger partial charge in [0.1, 0.15) is 0 Å². The van der Waals surface area contributed by atoms with E-state index in [1.165, 1.54) is 24.0 Å². The van der Waals surface area contributed by atoms with E-state index < -0.39 is 0 Å². The van der Waals surface area contributed by atoms with Gasteiger partial charge in [0.05, 0.1) is 0 Å². The maximum absolute atomic E-state index is 2.39. The van der Waals surface area contributed by atoms with Gasteiger partial charge in [0.2, 0.25) is 0 Å². The highest BCUT2D eigenvalue weighted by Gasteiger charge is 2.06. The molecule has 0 aliphatic carbocycles. The Hall–Kier alpha value is -0.780. The molecule has 0 saturated carbocycles. The van der Waals surface area contributed by atoms with Crippen molar-refractivity contribution in [3.63, 3.8) is 0 Å². The minimum Gasteiger partial charge on any atom is -0.0651 e. The van der Waals surface area contributed by atoms with E-state index in [0.717, 1.165) is 6.42 Å². The summed E-state index contributed by atoms with van der Waals surface area (Å²) in [5, 5.41) is 0. The molecule has 0 fully saturated rings. The fourth-order valence-corrected chi connectivity index (χ4v) is 1.93. The van der Waals surface area contributed by atoms with Crippen molar-refractivity contribution >= 4 is 0 Å². The fraction of sp³-hybridized carbons (Fsp3) is 0.571. The van der Waals surface area contributed by atoms with Gasteiger partial charge >= 0.3 is 0 Å². The summed E-state index contributed by atoms with van der Waals surface area (Å²) in [4.78, 5) is 0. The number of aryl methyl sites for hydroxylation is 2. The first-order chi connectivity index (χ1) is 6.69. The van der Waals surface area contributed by atoms with E-state index in [4.69, 9.17) is 0 Å². The van der Waals surface area contributed by atoms with Gasteiger partial charge in [0.25, 0.3) is 0 Å². The third kappa shape index (κ3) is 2.60. The van der Waals surface area contributed by atoms with Crippen molar-refractivity contribution in [2.24, 2.45) is 0 Å². The molecule has 0 bridgehead atoms. The lowest BCUT2D eigenvalue weighted by atomic mass is 9.92. The van der Waals surface area contributed by atoms with Crippen molar-refractivity contribution in [3.05, 3.63) is 34.9 Å². The van der Waals surface area contributed by atoms with Crippen LogP contribution in [0.5, 0.6) is 0 Å². The predicted molar refractivity (Wildman–Crippen MR) is 63.9 cm³/mol. The molecular weight excluding hydrogens is 168 g/mol. The predicted octanol–water partition coefficient (Wildman–Crippen LogP) is 4.32. The maximum Gasteiger partial charge on any atom is -0.0216 e. The molecule has 1 aromatic carbocycles. The highest BCUT2D eigenvalue weighted by atomic mass is 14.1. The zero-order valence-corrected chi connectivity index (χ0v) is 9.93. The second-order valence-electron chi connectivity index (χ2n) is 4.29. The molecule has 0 saturated heterocycles. The molecule has 0 unspecified atom stereocenters. The van der Waals surface area contributed by atoms with Gasteiger partial charge in [-0.15, -0.1) is 0 Å². The van der Waals surface area contributed by atoms with Crippen molar-refractivity contribution in [1.29, 1.82) is 0 Å². The van der Waals surface area contributed by atoms with Crippen LogP contribution in [-0.2, 0) is 12.8 Å². The van der Waals surface area contributed by atoms with Crippen LogP contribution in [0.2, 0.25) is 0 Å². The lowest BCUT2D eigenvalue weighted by molar-refractivity contribution is 0.818. The van der Waals surface area contributed by atoms with Gasteiger partial charge in [-0.2, -0.15) is 0 Å². The lowest BCUT2D eigenvalue weighted by Gasteiger charge is -2.13. The SMILES string of the molecule is CCCc1cc(CC)ccc1C(C)C. The highest BCUT2D eigenvalue weighted by Crippen LogP contribution is 2.22. The summed E-state index contributed by atoms with van der Waals surface area (Å²) in [6, 6.07) is 6.97. The lowest BCUT2D eigenvalue weighted by Crippen LogP contribution is -1.97. The molecule has 0 amide bonds. The normalized spacial score (nSPS) is 10.9. The zero-order valence-electron chi connectivity index (χ0n) is 9.93. The molecule has 0 aliphatic heterocycles. The summed E-state index contributed by atoms with van der Waals surface area (Å²) >= 11 is 0. The summed E-state index contributed by atoms with van der Waals surface area (Å²) in [7, 11) is 0. The van der Waals surface area contributed by atoms with Crippen molar-refractivity contribution in [2.75, 3.05) is 0 Å². The van der Waals surface area contributed by atoms with Crippen LogP contribution < -0.4 is 0 Å². The number of hydrogen-bond donors (Lipinski definition) is 0. The summed E-state index contributed by atoms with van der Waals surface area (Å²) in [5.41, 5.74) is 4.56. The van der Waals surface area contributed by atoms with E-state index >= 15 is 0 Å². The standard InChI is InChI=1S/C14H22/c1-5-7-13-10-12(6-2)8-9-14(13)11(3)4/h8-11H,5-7H2,1-4H3. The molecule has 0 aliphatic rings. The molecule has 0 heterocycles. The molecule has 1 aromatic rings. The van der Waals surface area contributed by atoms with Crippen LogP contribution in [-0.4, -0.2) is 0 Å². The van der Waals surface area contributed by atoms with Crippen LogP contribution in [0.15, 0.2) is 18.2 Å². The molecule has 0 aromatic heterocycles. The molecule has 0 atom stereocenters. The smallest absolute Gasteiger partial charge is 0.0216 e. The summed E-state index contributed by atoms with van der Waals surface area (Å²) in [6.07, 6.45) is 3.61. The first kappa shape index (κ1) is 11.3. The van der Waals surface area contributed by atoms with E-state index in [2.05, 4.69) is 45.9 Å². The van der Waals surface area contributed by atoms with Crippen LogP contribution in [0.3, 0.4) is 0 Å². The minimum absolute atomic E-state index is 0.655. The van der Waals surface area contributed by atoms with Gasteiger partial charge in [-0.05, 0) is 35.4 Å².